The molecule has 0 radical (unpaired) electrons. The molecule has 0 aliphatic rings. The predicted molar refractivity (Wildman–Crippen MR) is 293 cm³/mol. The Morgan fingerprint density at radius 1 is 0.711 bits per heavy atom. The van der Waals surface area contributed by atoms with Gasteiger partial charge in [-0.1, -0.05) is 12.1 Å². The first-order valence-corrected chi connectivity index (χ1v) is 31.0. The van der Waals surface area contributed by atoms with E-state index in [-0.39, 0.29) is 98.8 Å². The first kappa shape index (κ1) is 63.9. The van der Waals surface area contributed by atoms with Crippen LogP contribution < -0.4 is 26.0 Å². The molecule has 3 aromatic heterocycles. The number of hydrogen-bond acceptors (Lipinski definition) is 20. The van der Waals surface area contributed by atoms with E-state index < -0.39 is 66.0 Å². The van der Waals surface area contributed by atoms with Gasteiger partial charge in [-0.3, -0.25) is 28.3 Å². The molecule has 0 fully saturated rings. The summed E-state index contributed by atoms with van der Waals surface area (Å²) in [5.41, 5.74) is -1.98. The van der Waals surface area contributed by atoms with Gasteiger partial charge in [-0.2, -0.15) is 9.97 Å². The van der Waals surface area contributed by atoms with E-state index in [0.717, 1.165) is 11.3 Å². The van der Waals surface area contributed by atoms with Gasteiger partial charge in [0.25, 0.3) is 10.0 Å². The van der Waals surface area contributed by atoms with E-state index in [4.69, 9.17) is 22.8 Å². The highest BCUT2D eigenvalue weighted by atomic mass is 32.2. The van der Waals surface area contributed by atoms with E-state index in [9.17, 15) is 36.7 Å². The molecule has 4 aromatic rings. The molecule has 0 aliphatic carbocycles. The summed E-state index contributed by atoms with van der Waals surface area (Å²) in [4.78, 5) is 71.8. The molecule has 5 N–H and O–H groups in total. The van der Waals surface area contributed by atoms with Gasteiger partial charge in [-0.05, 0) is 115 Å². The number of hydrogen-bond donors (Lipinski definition) is 5. The van der Waals surface area contributed by atoms with Crippen LogP contribution in [0.4, 0.5) is 11.8 Å². The second kappa shape index (κ2) is 27.3. The Hall–Kier alpha value is -4.65. The molecule has 426 valence electrons. The highest BCUT2D eigenvalue weighted by molar-refractivity contribution is 7.91. The molecule has 24 nitrogen and oxygen atoms in total. The molecule has 0 saturated carbocycles. The van der Waals surface area contributed by atoms with Crippen molar-refractivity contribution in [3.63, 3.8) is 0 Å². The van der Waals surface area contributed by atoms with Crippen molar-refractivity contribution in [1.82, 2.24) is 44.8 Å². The van der Waals surface area contributed by atoms with E-state index in [1.807, 2.05) is 0 Å². The molecule has 0 bridgehead atoms. The minimum absolute atomic E-state index is 0.0607. The zero-order valence-corrected chi connectivity index (χ0v) is 49.6. The Balaban J connectivity index is 1.47. The number of amides is 3. The molecule has 28 heteroatoms. The smallest absolute Gasteiger partial charge is 0.332 e. The Bertz CT molecular complexity index is 2750. The summed E-state index contributed by atoms with van der Waals surface area (Å²) in [6.07, 6.45) is 1.86. The summed E-state index contributed by atoms with van der Waals surface area (Å²) in [5.74, 6) is -1.49. The fourth-order valence-electron chi connectivity index (χ4n) is 7.09. The fourth-order valence-corrected chi connectivity index (χ4v) is 14.1. The van der Waals surface area contributed by atoms with Crippen molar-refractivity contribution in [3.05, 3.63) is 30.6 Å². The van der Waals surface area contributed by atoms with Gasteiger partial charge in [0, 0.05) is 52.1 Å². The number of thiazole rings is 1. The van der Waals surface area contributed by atoms with Crippen LogP contribution >= 0.6 is 26.5 Å². The van der Waals surface area contributed by atoms with Crippen LogP contribution in [0.2, 0.25) is 0 Å². The molecule has 76 heavy (non-hydrogen) atoms. The number of ether oxygens (including phenoxy) is 1. The highest BCUT2D eigenvalue weighted by Gasteiger charge is 2.37. The molecule has 3 heterocycles. The summed E-state index contributed by atoms with van der Waals surface area (Å²) in [6.45, 7) is 22.7. The monoisotopic (exact) mass is 1140 g/mol. The largest absolute Gasteiger partial charge is 0.465 e. The number of nitrogens with one attached hydrogen (secondary N) is 5. The summed E-state index contributed by atoms with van der Waals surface area (Å²) < 4.78 is 86.5. The van der Waals surface area contributed by atoms with Gasteiger partial charge < -0.3 is 53.6 Å². The van der Waals surface area contributed by atoms with Crippen LogP contribution in [0.1, 0.15) is 116 Å². The van der Waals surface area contributed by atoms with Crippen LogP contribution in [0.25, 0.3) is 21.4 Å². The van der Waals surface area contributed by atoms with Gasteiger partial charge in [0.1, 0.15) is 13.1 Å². The Morgan fingerprint density at radius 2 is 1.24 bits per heavy atom. The van der Waals surface area contributed by atoms with E-state index in [1.165, 1.54) is 15.8 Å². The molecule has 1 aromatic carbocycles. The lowest BCUT2D eigenvalue weighted by molar-refractivity contribution is -0.149. The number of aromatic nitrogens is 5. The lowest BCUT2D eigenvalue weighted by Gasteiger charge is -2.32. The van der Waals surface area contributed by atoms with Crippen molar-refractivity contribution in [2.75, 3.05) is 75.4 Å². The third-order valence-electron chi connectivity index (χ3n) is 9.73. The van der Waals surface area contributed by atoms with Gasteiger partial charge in [0.2, 0.25) is 28.0 Å². The van der Waals surface area contributed by atoms with Gasteiger partial charge in [-0.15, -0.1) is 11.3 Å². The molecule has 0 spiro atoms. The summed E-state index contributed by atoms with van der Waals surface area (Å²) >= 11 is 1.00. The topological polar surface area (TPSA) is 303 Å². The zero-order chi connectivity index (χ0) is 56.8. The maximum atomic E-state index is 14.0. The Morgan fingerprint density at radius 3 is 1.75 bits per heavy atom. The van der Waals surface area contributed by atoms with Gasteiger partial charge in [0.05, 0.1) is 57.9 Å². The molecule has 4 rings (SSSR count). The summed E-state index contributed by atoms with van der Waals surface area (Å²) in [6, 6.07) is 7.00. The van der Waals surface area contributed by atoms with Crippen LogP contribution in [0, 0.1) is 0 Å². The summed E-state index contributed by atoms with van der Waals surface area (Å²) in [5, 5.41) is 12.1. The van der Waals surface area contributed by atoms with Crippen molar-refractivity contribution in [2.45, 2.75) is 149 Å². The van der Waals surface area contributed by atoms with Crippen LogP contribution in [0.15, 0.2) is 34.9 Å². The molecule has 0 saturated heterocycles. The summed E-state index contributed by atoms with van der Waals surface area (Å²) in [7, 11) is -11.3. The number of benzene rings is 1. The number of carbonyl (C=O) groups is 4. The molecular formula is C48H79N11O13P2S2. The normalized spacial score (nSPS) is 13.0. The van der Waals surface area contributed by atoms with E-state index in [0.29, 0.717) is 40.9 Å². The van der Waals surface area contributed by atoms with Crippen molar-refractivity contribution < 1.29 is 59.6 Å². The number of fused-ring (bicyclic) bond motifs is 2. The first-order valence-electron chi connectivity index (χ1n) is 25.2. The van der Waals surface area contributed by atoms with Crippen molar-refractivity contribution in [2.24, 2.45) is 0 Å². The zero-order valence-electron chi connectivity index (χ0n) is 46.2. The number of nitrogens with zero attached hydrogens (tertiary/aromatic N) is 6. The van der Waals surface area contributed by atoms with E-state index >= 15 is 0 Å². The number of carbonyl (C=O) groups excluding carboxylic acids is 4. The Kier molecular flexibility index (Phi) is 22.9. The number of para-hydroxylation sites is 1. The van der Waals surface area contributed by atoms with Crippen LogP contribution in [-0.4, -0.2) is 149 Å². The maximum absolute atomic E-state index is 14.0. The fraction of sp³-hybridized carbons (Fsp3) is 0.667. The van der Waals surface area contributed by atoms with E-state index in [1.54, 1.807) is 114 Å². The standard InChI is InChI=1S/C48H79N11O13P2S2/c1-14-68-39(63)32-58(28-27-54-76(66,67)44-55-34-19-15-16-20-35(34)75-44)38(62)31-59-33-53-40-41(51-25-17-23-49-36(60)21-29-73(64,69-45(2,3)4)70-46(5,6)7)56-43(57-42(40)59)52-26-18-24-50-37(61)22-30-74(65,71-47(8,9)10)72-48(11,12)13/h15-16,19-20,33,54H,14,17-18,21-32H2,1-13H3,(H,49,60)(H,50,61)(H2,51,52,56,57). The molecule has 0 unspecified atom stereocenters. The SMILES string of the molecule is CCOC(=O)CN(CCNS(=O)(=O)c1nc2ccccc2s1)C(=O)Cn1cnc2c(NCCCNC(=O)CCP(=O)(OC(C)(C)C)OC(C)(C)C)nc(NCCCNC(=O)CCP(=O)(OC(C)(C)C)OC(C)(C)C)nc21. The molecule has 0 atom stereocenters. The van der Waals surface area contributed by atoms with Crippen LogP contribution in [0.5, 0.6) is 0 Å². The quantitative estimate of drug-likeness (QED) is 0.0198. The maximum Gasteiger partial charge on any atom is 0.332 e. The van der Waals surface area contributed by atoms with Gasteiger partial charge in [-0.25, -0.2) is 23.1 Å². The van der Waals surface area contributed by atoms with Crippen LogP contribution in [0.3, 0.4) is 0 Å². The number of imidazole rings is 1. The highest BCUT2D eigenvalue weighted by Crippen LogP contribution is 2.55. The number of anilines is 2. The van der Waals surface area contributed by atoms with E-state index in [2.05, 4.69) is 45.9 Å². The molecule has 3 amide bonds. The van der Waals surface area contributed by atoms with Crippen molar-refractivity contribution in [3.8, 4) is 0 Å². The number of rotatable bonds is 30. The third kappa shape index (κ3) is 22.7. The number of esters is 1. The second-order valence-corrected chi connectivity index (χ2v) is 28.7. The first-order chi connectivity index (χ1) is 35.2. The van der Waals surface area contributed by atoms with Gasteiger partial charge >= 0.3 is 21.2 Å². The third-order valence-corrected chi connectivity index (χ3v) is 17.5. The second-order valence-electron chi connectivity index (χ2n) is 21.7. The lowest BCUT2D eigenvalue weighted by atomic mass is 10.2. The molecule has 0 aliphatic heterocycles. The van der Waals surface area contributed by atoms with Crippen molar-refractivity contribution in [1.29, 1.82) is 0 Å². The van der Waals surface area contributed by atoms with Gasteiger partial charge in [0.15, 0.2) is 17.0 Å². The number of sulfonamides is 1. The van der Waals surface area contributed by atoms with Crippen molar-refractivity contribution >= 4 is 93.4 Å². The molecular weight excluding hydrogens is 1060 g/mol. The Labute approximate surface area is 450 Å². The minimum atomic E-state index is -4.06. The van der Waals surface area contributed by atoms with Crippen LogP contribution in [-0.2, 0) is 67.7 Å². The predicted octanol–water partition coefficient (Wildman–Crippen LogP) is 7.07. The average Bonchev–Trinajstić information content (AvgIpc) is 3.90. The minimum Gasteiger partial charge on any atom is -0.465 e. The lowest BCUT2D eigenvalue weighted by Crippen LogP contribution is -2.43. The average molecular weight is 1140 g/mol.